The summed E-state index contributed by atoms with van der Waals surface area (Å²) in [5.41, 5.74) is 1.55. The Morgan fingerprint density at radius 2 is 2.09 bits per heavy atom. The van der Waals surface area contributed by atoms with E-state index >= 15 is 0 Å². The summed E-state index contributed by atoms with van der Waals surface area (Å²) in [6.45, 7) is 6.09. The summed E-state index contributed by atoms with van der Waals surface area (Å²) in [6.07, 6.45) is 1.92. The molecule has 0 radical (unpaired) electrons. The van der Waals surface area contributed by atoms with Crippen LogP contribution in [0.4, 0.5) is 0 Å². The van der Waals surface area contributed by atoms with Crippen molar-refractivity contribution in [3.8, 4) is 0 Å². The molecule has 0 rings (SSSR count). The minimum atomic E-state index is 0.529. The van der Waals surface area contributed by atoms with Crippen molar-refractivity contribution in [1.82, 2.24) is 4.90 Å². The van der Waals surface area contributed by atoms with Gasteiger partial charge in [-0.2, -0.15) is 0 Å². The van der Waals surface area contributed by atoms with Crippen LogP contribution in [0.2, 0.25) is 0 Å². The Hall–Kier alpha value is 0.280. The predicted octanol–water partition coefficient (Wildman–Crippen LogP) is 2.69. The molecule has 0 aliphatic heterocycles. The van der Waals surface area contributed by atoms with Crippen LogP contribution in [0.25, 0.3) is 0 Å². The highest BCUT2D eigenvalue weighted by atomic mass is 35.5. The Labute approximate surface area is 79.0 Å². The minimum absolute atomic E-state index is 0.529. The molecule has 0 heterocycles. The standard InChI is InChI=1S/C8H15Cl2N/c1-8(2)11(7-5-10)6-3-4-9/h3-4,8H,5-7H2,1-2H3/b4-3+. The molecule has 0 aliphatic carbocycles. The third-order valence-electron chi connectivity index (χ3n) is 1.53. The van der Waals surface area contributed by atoms with Gasteiger partial charge in [0, 0.05) is 30.5 Å². The predicted molar refractivity (Wildman–Crippen MR) is 52.4 cm³/mol. The van der Waals surface area contributed by atoms with E-state index in [0.717, 1.165) is 13.1 Å². The lowest BCUT2D eigenvalue weighted by molar-refractivity contribution is 0.261. The maximum atomic E-state index is 5.62. The van der Waals surface area contributed by atoms with Crippen LogP contribution in [-0.2, 0) is 0 Å². The van der Waals surface area contributed by atoms with Gasteiger partial charge in [-0.25, -0.2) is 0 Å². The Kier molecular flexibility index (Phi) is 7.13. The van der Waals surface area contributed by atoms with Gasteiger partial charge in [0.15, 0.2) is 0 Å². The fourth-order valence-corrected chi connectivity index (χ4v) is 1.14. The number of alkyl halides is 1. The van der Waals surface area contributed by atoms with E-state index in [2.05, 4.69) is 18.7 Å². The number of halogens is 2. The summed E-state index contributed by atoms with van der Waals surface area (Å²) in [5, 5.41) is 0. The number of hydrogen-bond donors (Lipinski definition) is 0. The fraction of sp³-hybridized carbons (Fsp3) is 0.750. The zero-order valence-corrected chi connectivity index (χ0v) is 8.57. The second kappa shape index (κ2) is 6.96. The first-order chi connectivity index (χ1) is 5.22. The molecular formula is C8H15Cl2N. The van der Waals surface area contributed by atoms with Crippen LogP contribution in [0.1, 0.15) is 13.8 Å². The molecule has 66 valence electrons. The molecule has 0 aromatic heterocycles. The van der Waals surface area contributed by atoms with E-state index in [0.29, 0.717) is 11.9 Å². The van der Waals surface area contributed by atoms with Gasteiger partial charge in [0.2, 0.25) is 0 Å². The molecule has 0 aliphatic rings. The second-order valence-electron chi connectivity index (χ2n) is 2.64. The van der Waals surface area contributed by atoms with Gasteiger partial charge in [0.25, 0.3) is 0 Å². The van der Waals surface area contributed by atoms with Crippen molar-refractivity contribution in [3.63, 3.8) is 0 Å². The largest absolute Gasteiger partial charge is 0.296 e. The molecule has 0 saturated carbocycles. The van der Waals surface area contributed by atoms with Crippen LogP contribution in [0.15, 0.2) is 11.6 Å². The molecule has 0 saturated heterocycles. The van der Waals surface area contributed by atoms with Crippen LogP contribution < -0.4 is 0 Å². The molecule has 0 fully saturated rings. The van der Waals surface area contributed by atoms with Crippen LogP contribution in [-0.4, -0.2) is 29.9 Å². The van der Waals surface area contributed by atoms with Crippen LogP contribution in [0, 0.1) is 0 Å². The second-order valence-corrected chi connectivity index (χ2v) is 3.27. The zero-order valence-electron chi connectivity index (χ0n) is 7.06. The van der Waals surface area contributed by atoms with Gasteiger partial charge in [0.1, 0.15) is 0 Å². The zero-order chi connectivity index (χ0) is 8.69. The lowest BCUT2D eigenvalue weighted by Gasteiger charge is -2.23. The van der Waals surface area contributed by atoms with Gasteiger partial charge < -0.3 is 0 Å². The molecule has 0 amide bonds. The summed E-state index contributed by atoms with van der Waals surface area (Å²) >= 11 is 11.0. The molecule has 1 nitrogen and oxygen atoms in total. The Balaban J connectivity index is 3.69. The number of rotatable bonds is 5. The van der Waals surface area contributed by atoms with Crippen molar-refractivity contribution < 1.29 is 0 Å². The van der Waals surface area contributed by atoms with E-state index in [9.17, 15) is 0 Å². The smallest absolute Gasteiger partial charge is 0.0351 e. The third-order valence-corrected chi connectivity index (χ3v) is 1.88. The Morgan fingerprint density at radius 1 is 1.45 bits per heavy atom. The molecule has 0 bridgehead atoms. The first-order valence-corrected chi connectivity index (χ1v) is 4.74. The topological polar surface area (TPSA) is 3.24 Å². The summed E-state index contributed by atoms with van der Waals surface area (Å²) in [7, 11) is 0. The first kappa shape index (κ1) is 11.3. The van der Waals surface area contributed by atoms with Gasteiger partial charge in [-0.15, -0.1) is 11.6 Å². The van der Waals surface area contributed by atoms with Gasteiger partial charge in [-0.1, -0.05) is 17.7 Å². The van der Waals surface area contributed by atoms with Crippen molar-refractivity contribution >= 4 is 23.2 Å². The van der Waals surface area contributed by atoms with Crippen molar-refractivity contribution in [1.29, 1.82) is 0 Å². The first-order valence-electron chi connectivity index (χ1n) is 3.77. The molecule has 0 spiro atoms. The highest BCUT2D eigenvalue weighted by Crippen LogP contribution is 1.98. The lowest BCUT2D eigenvalue weighted by Crippen LogP contribution is -2.32. The van der Waals surface area contributed by atoms with Gasteiger partial charge >= 0.3 is 0 Å². The number of hydrogen-bond acceptors (Lipinski definition) is 1. The van der Waals surface area contributed by atoms with Crippen molar-refractivity contribution in [3.05, 3.63) is 11.6 Å². The summed E-state index contributed by atoms with van der Waals surface area (Å²) in [6, 6.07) is 0.529. The van der Waals surface area contributed by atoms with E-state index in [1.807, 2.05) is 6.08 Å². The normalized spacial score (nSPS) is 12.2. The van der Waals surface area contributed by atoms with Crippen LogP contribution >= 0.6 is 23.2 Å². The molecule has 0 aromatic rings. The van der Waals surface area contributed by atoms with Gasteiger partial charge in [-0.3, -0.25) is 4.90 Å². The van der Waals surface area contributed by atoms with E-state index in [-0.39, 0.29) is 0 Å². The lowest BCUT2D eigenvalue weighted by atomic mass is 10.3. The summed E-state index contributed by atoms with van der Waals surface area (Å²) < 4.78 is 0. The van der Waals surface area contributed by atoms with Crippen molar-refractivity contribution in [2.24, 2.45) is 0 Å². The SMILES string of the molecule is CC(C)N(C/C=C/Cl)CCCl. The molecular weight excluding hydrogens is 181 g/mol. The van der Waals surface area contributed by atoms with Crippen molar-refractivity contribution in [2.45, 2.75) is 19.9 Å². The van der Waals surface area contributed by atoms with Gasteiger partial charge in [-0.05, 0) is 13.8 Å². The quantitative estimate of drug-likeness (QED) is 0.611. The number of nitrogens with zero attached hydrogens (tertiary/aromatic N) is 1. The molecule has 11 heavy (non-hydrogen) atoms. The Morgan fingerprint density at radius 3 is 2.45 bits per heavy atom. The highest BCUT2D eigenvalue weighted by Gasteiger charge is 2.05. The molecule has 0 atom stereocenters. The molecule has 3 heteroatoms. The summed E-state index contributed by atoms with van der Waals surface area (Å²) in [4.78, 5) is 2.26. The maximum absolute atomic E-state index is 5.62. The molecule has 0 unspecified atom stereocenters. The van der Waals surface area contributed by atoms with E-state index in [4.69, 9.17) is 23.2 Å². The van der Waals surface area contributed by atoms with Crippen LogP contribution in [0.3, 0.4) is 0 Å². The van der Waals surface area contributed by atoms with Crippen LogP contribution in [0.5, 0.6) is 0 Å². The minimum Gasteiger partial charge on any atom is -0.296 e. The van der Waals surface area contributed by atoms with E-state index < -0.39 is 0 Å². The third kappa shape index (κ3) is 5.54. The monoisotopic (exact) mass is 195 g/mol. The fourth-order valence-electron chi connectivity index (χ4n) is 0.844. The maximum Gasteiger partial charge on any atom is 0.0351 e. The molecule has 0 aromatic carbocycles. The molecule has 0 N–H and O–H groups in total. The average Bonchev–Trinajstić information content (AvgIpc) is 1.97. The van der Waals surface area contributed by atoms with E-state index in [1.54, 1.807) is 5.54 Å². The average molecular weight is 196 g/mol. The summed E-state index contributed by atoms with van der Waals surface area (Å²) in [5.74, 6) is 0.675. The highest BCUT2D eigenvalue weighted by molar-refractivity contribution is 6.25. The van der Waals surface area contributed by atoms with Crippen molar-refractivity contribution in [2.75, 3.05) is 19.0 Å². The van der Waals surface area contributed by atoms with Gasteiger partial charge in [0.05, 0.1) is 0 Å². The Bertz CT molecular complexity index is 113. The van der Waals surface area contributed by atoms with E-state index in [1.165, 1.54) is 0 Å².